The molecule has 2 heterocycles. The van der Waals surface area contributed by atoms with Crippen LogP contribution < -0.4 is 0 Å². The Labute approximate surface area is 144 Å². The van der Waals surface area contributed by atoms with Crippen LogP contribution in [-0.4, -0.2) is 9.97 Å². The molecule has 102 valence electrons. The first-order chi connectivity index (χ1) is 9.47. The maximum atomic E-state index is 13.9. The Bertz CT molecular complexity index is 838. The van der Waals surface area contributed by atoms with Crippen molar-refractivity contribution >= 4 is 77.3 Å². The molecule has 0 aliphatic carbocycles. The molecule has 8 heteroatoms. The molecule has 0 atom stereocenters. The second-order valence-corrected chi connectivity index (χ2v) is 8.34. The number of fused-ring (bicyclic) bond motifs is 1. The highest BCUT2D eigenvalue weighted by molar-refractivity contribution is 9.12. The quantitative estimate of drug-likeness (QED) is 0.400. The van der Waals surface area contributed by atoms with E-state index in [1.165, 1.54) is 23.5 Å². The van der Waals surface area contributed by atoms with Crippen molar-refractivity contribution in [2.75, 3.05) is 0 Å². The molecule has 2 aromatic heterocycles. The third-order valence-electron chi connectivity index (χ3n) is 2.60. The summed E-state index contributed by atoms with van der Waals surface area (Å²) >= 11 is 20.4. The van der Waals surface area contributed by atoms with Crippen LogP contribution >= 0.6 is 66.4 Å². The van der Waals surface area contributed by atoms with E-state index in [1.54, 1.807) is 0 Å². The Morgan fingerprint density at radius 1 is 1.15 bits per heavy atom. The molecule has 3 rings (SSSR count). The van der Waals surface area contributed by atoms with E-state index in [2.05, 4.69) is 41.8 Å². The first-order valence-electron chi connectivity index (χ1n) is 5.24. The lowest BCUT2D eigenvalue weighted by Gasteiger charge is -2.06. The molecular formula is C12H3Br2Cl2FN2S. The summed E-state index contributed by atoms with van der Waals surface area (Å²) in [6, 6.07) is 4.54. The molecule has 0 unspecified atom stereocenters. The maximum Gasteiger partial charge on any atom is 0.163 e. The minimum atomic E-state index is -0.486. The highest BCUT2D eigenvalue weighted by atomic mass is 79.9. The van der Waals surface area contributed by atoms with Gasteiger partial charge < -0.3 is 0 Å². The van der Waals surface area contributed by atoms with E-state index in [-0.39, 0.29) is 10.7 Å². The van der Waals surface area contributed by atoms with E-state index in [4.69, 9.17) is 23.2 Å². The van der Waals surface area contributed by atoms with Crippen molar-refractivity contribution in [1.29, 1.82) is 0 Å². The van der Waals surface area contributed by atoms with Crippen LogP contribution in [0.5, 0.6) is 0 Å². The van der Waals surface area contributed by atoms with Crippen LogP contribution in [-0.2, 0) is 0 Å². The summed E-state index contributed by atoms with van der Waals surface area (Å²) < 4.78 is 15.7. The Balaban J connectivity index is 2.35. The van der Waals surface area contributed by atoms with Gasteiger partial charge in [0.1, 0.15) is 16.5 Å². The SMILES string of the molecule is Fc1ccc(Cl)c2c(Cl)nc(-c3cc(Br)sc3Br)nc12. The number of thiophene rings is 1. The molecule has 0 bridgehead atoms. The summed E-state index contributed by atoms with van der Waals surface area (Å²) in [5.74, 6) is -0.141. The number of rotatable bonds is 1. The zero-order valence-electron chi connectivity index (χ0n) is 9.42. The molecule has 2 nitrogen and oxygen atoms in total. The average Bonchev–Trinajstić information content (AvgIpc) is 2.72. The summed E-state index contributed by atoms with van der Waals surface area (Å²) in [5.41, 5.74) is 0.853. The predicted octanol–water partition coefficient (Wildman–Crippen LogP) is 6.33. The van der Waals surface area contributed by atoms with Crippen molar-refractivity contribution < 1.29 is 4.39 Å². The minimum absolute atomic E-state index is 0.113. The van der Waals surface area contributed by atoms with Crippen LogP contribution in [0, 0.1) is 5.82 Å². The molecule has 0 spiro atoms. The van der Waals surface area contributed by atoms with E-state index >= 15 is 0 Å². The number of halogens is 5. The predicted molar refractivity (Wildman–Crippen MR) is 88.2 cm³/mol. The normalized spacial score (nSPS) is 11.2. The van der Waals surface area contributed by atoms with Crippen molar-refractivity contribution in [3.63, 3.8) is 0 Å². The highest BCUT2D eigenvalue weighted by Crippen LogP contribution is 2.39. The van der Waals surface area contributed by atoms with Gasteiger partial charge in [-0.3, -0.25) is 0 Å². The third-order valence-corrected chi connectivity index (χ3v) is 5.53. The van der Waals surface area contributed by atoms with Crippen molar-refractivity contribution in [3.05, 3.63) is 41.8 Å². The lowest BCUT2D eigenvalue weighted by Crippen LogP contribution is -1.94. The van der Waals surface area contributed by atoms with Crippen LogP contribution in [0.2, 0.25) is 10.2 Å². The van der Waals surface area contributed by atoms with Gasteiger partial charge >= 0.3 is 0 Å². The van der Waals surface area contributed by atoms with Gasteiger partial charge in [-0.25, -0.2) is 14.4 Å². The summed E-state index contributed by atoms with van der Waals surface area (Å²) in [5, 5.41) is 0.773. The number of hydrogen-bond donors (Lipinski definition) is 0. The Morgan fingerprint density at radius 3 is 2.55 bits per heavy atom. The summed E-state index contributed by atoms with van der Waals surface area (Å²) in [6.07, 6.45) is 0. The summed E-state index contributed by atoms with van der Waals surface area (Å²) in [6.45, 7) is 0. The average molecular weight is 457 g/mol. The van der Waals surface area contributed by atoms with Gasteiger partial charge in [0.15, 0.2) is 5.82 Å². The smallest absolute Gasteiger partial charge is 0.163 e. The zero-order valence-corrected chi connectivity index (χ0v) is 14.9. The molecule has 0 saturated heterocycles. The van der Waals surface area contributed by atoms with Gasteiger partial charge in [0.05, 0.1) is 18.0 Å². The third kappa shape index (κ3) is 2.48. The Hall–Kier alpha value is -0.270. The molecule has 0 amide bonds. The topological polar surface area (TPSA) is 25.8 Å². The second-order valence-electron chi connectivity index (χ2n) is 3.83. The van der Waals surface area contributed by atoms with Gasteiger partial charge in [-0.15, -0.1) is 11.3 Å². The fraction of sp³-hybridized carbons (Fsp3) is 0. The molecule has 20 heavy (non-hydrogen) atoms. The second kappa shape index (κ2) is 5.50. The van der Waals surface area contributed by atoms with E-state index in [0.29, 0.717) is 16.2 Å². The number of aromatic nitrogens is 2. The van der Waals surface area contributed by atoms with E-state index in [1.807, 2.05) is 6.07 Å². The molecule has 1 aromatic carbocycles. The highest BCUT2D eigenvalue weighted by Gasteiger charge is 2.17. The van der Waals surface area contributed by atoms with Gasteiger partial charge in [0.2, 0.25) is 0 Å². The number of benzene rings is 1. The van der Waals surface area contributed by atoms with Crippen LogP contribution in [0.25, 0.3) is 22.3 Å². The first kappa shape index (κ1) is 14.7. The molecular weight excluding hydrogens is 454 g/mol. The van der Waals surface area contributed by atoms with Gasteiger partial charge in [-0.2, -0.15) is 0 Å². The largest absolute Gasteiger partial charge is 0.225 e. The van der Waals surface area contributed by atoms with E-state index in [9.17, 15) is 4.39 Å². The van der Waals surface area contributed by atoms with Crippen molar-refractivity contribution in [3.8, 4) is 11.4 Å². The standard InChI is InChI=1S/C12H3Br2Cl2FN2S/c13-7-3-4(10(14)20-7)12-18-9-6(17)2-1-5(15)8(9)11(16)19-12/h1-3H. The zero-order chi connectivity index (χ0) is 14.4. The first-order valence-corrected chi connectivity index (χ1v) is 8.39. The van der Waals surface area contributed by atoms with E-state index in [0.717, 1.165) is 13.1 Å². The minimum Gasteiger partial charge on any atom is -0.225 e. The van der Waals surface area contributed by atoms with Crippen LogP contribution in [0.4, 0.5) is 4.39 Å². The van der Waals surface area contributed by atoms with Crippen molar-refractivity contribution in [1.82, 2.24) is 9.97 Å². The monoisotopic (exact) mass is 454 g/mol. The van der Waals surface area contributed by atoms with Gasteiger partial charge in [0.25, 0.3) is 0 Å². The summed E-state index contributed by atoms with van der Waals surface area (Å²) in [4.78, 5) is 8.45. The lowest BCUT2D eigenvalue weighted by atomic mass is 10.2. The van der Waals surface area contributed by atoms with Crippen LogP contribution in [0.1, 0.15) is 0 Å². The van der Waals surface area contributed by atoms with Crippen molar-refractivity contribution in [2.45, 2.75) is 0 Å². The van der Waals surface area contributed by atoms with Gasteiger partial charge in [-0.05, 0) is 50.1 Å². The number of nitrogens with zero attached hydrogens (tertiary/aromatic N) is 2. The fourth-order valence-electron chi connectivity index (χ4n) is 1.74. The molecule has 3 aromatic rings. The molecule has 0 aliphatic rings. The van der Waals surface area contributed by atoms with Gasteiger partial charge in [-0.1, -0.05) is 23.2 Å². The molecule has 0 N–H and O–H groups in total. The number of hydrogen-bond acceptors (Lipinski definition) is 3. The molecule has 0 radical (unpaired) electrons. The summed E-state index contributed by atoms with van der Waals surface area (Å²) in [7, 11) is 0. The molecule has 0 fully saturated rings. The van der Waals surface area contributed by atoms with Gasteiger partial charge in [0, 0.05) is 5.56 Å². The fourth-order valence-corrected chi connectivity index (χ4v) is 5.09. The molecule has 0 aliphatic heterocycles. The maximum absolute atomic E-state index is 13.9. The van der Waals surface area contributed by atoms with E-state index < -0.39 is 5.82 Å². The Kier molecular flexibility index (Phi) is 4.03. The Morgan fingerprint density at radius 2 is 1.90 bits per heavy atom. The van der Waals surface area contributed by atoms with Crippen molar-refractivity contribution in [2.24, 2.45) is 0 Å². The van der Waals surface area contributed by atoms with Crippen LogP contribution in [0.15, 0.2) is 25.8 Å². The molecule has 0 saturated carbocycles. The van der Waals surface area contributed by atoms with Crippen LogP contribution in [0.3, 0.4) is 0 Å². The lowest BCUT2D eigenvalue weighted by molar-refractivity contribution is 0.636.